The summed E-state index contributed by atoms with van der Waals surface area (Å²) in [6, 6.07) is 48.6. The van der Waals surface area contributed by atoms with E-state index in [0.29, 0.717) is 0 Å². The summed E-state index contributed by atoms with van der Waals surface area (Å²) >= 11 is 6.68. The lowest BCUT2D eigenvalue weighted by Crippen LogP contribution is -2.28. The van der Waals surface area contributed by atoms with E-state index in [1.54, 1.807) is 0 Å². The van der Waals surface area contributed by atoms with Gasteiger partial charge in [-0.3, -0.25) is 0 Å². The first kappa shape index (κ1) is 22.0. The van der Waals surface area contributed by atoms with Gasteiger partial charge in [0, 0.05) is 21.8 Å². The second-order valence-electron chi connectivity index (χ2n) is 8.53. The summed E-state index contributed by atoms with van der Waals surface area (Å²) in [6.07, 6.45) is 0. The first-order chi connectivity index (χ1) is 16.7. The van der Waals surface area contributed by atoms with Gasteiger partial charge in [0.15, 0.2) is 0 Å². The highest BCUT2D eigenvalue weighted by atomic mass is 35.5. The lowest BCUT2D eigenvalue weighted by atomic mass is 9.70. The van der Waals surface area contributed by atoms with Gasteiger partial charge in [-0.15, -0.1) is 0 Å². The molecule has 5 aromatic carbocycles. The number of anilines is 3. The molecule has 0 N–H and O–H groups in total. The largest absolute Gasteiger partial charge is 0.310 e. The van der Waals surface area contributed by atoms with Gasteiger partial charge in [-0.2, -0.15) is 0 Å². The van der Waals surface area contributed by atoms with Gasteiger partial charge in [0.2, 0.25) is 0 Å². The van der Waals surface area contributed by atoms with Gasteiger partial charge in [0.25, 0.3) is 0 Å². The van der Waals surface area contributed by atoms with E-state index in [4.69, 9.17) is 11.6 Å². The van der Waals surface area contributed by atoms with Crippen molar-refractivity contribution in [3.63, 3.8) is 0 Å². The average Bonchev–Trinajstić information content (AvgIpc) is 2.91. The molecule has 0 aliphatic heterocycles. The fraction of sp³-hybridized carbons (Fsp3) is 0.0625. The minimum Gasteiger partial charge on any atom is -0.310 e. The second kappa shape index (κ2) is 9.59. The molecule has 34 heavy (non-hydrogen) atoms. The van der Waals surface area contributed by atoms with Crippen LogP contribution in [-0.4, -0.2) is 0 Å². The zero-order chi connectivity index (χ0) is 23.4. The molecule has 0 radical (unpaired) electrons. The van der Waals surface area contributed by atoms with Crippen molar-refractivity contribution in [1.82, 2.24) is 0 Å². The van der Waals surface area contributed by atoms with Crippen molar-refractivity contribution < 1.29 is 0 Å². The first-order valence-electron chi connectivity index (χ1n) is 11.5. The summed E-state index contributed by atoms with van der Waals surface area (Å²) in [5.74, 6) is 0. The van der Waals surface area contributed by atoms with Crippen LogP contribution < -0.4 is 4.90 Å². The molecule has 0 bridgehead atoms. The highest BCUT2D eigenvalue weighted by Crippen LogP contribution is 2.47. The smallest absolute Gasteiger partial charge is 0.0507 e. The third-order valence-corrected chi connectivity index (χ3v) is 6.70. The molecule has 5 aromatic rings. The molecule has 0 atom stereocenters. The summed E-state index contributed by atoms with van der Waals surface area (Å²) < 4.78 is 0. The summed E-state index contributed by atoms with van der Waals surface area (Å²) in [4.78, 5) is 2.32. The van der Waals surface area contributed by atoms with E-state index in [2.05, 4.69) is 133 Å². The molecule has 0 unspecified atom stereocenters. The number of rotatable bonds is 6. The SMILES string of the molecule is CC(c1ccccc1)(c1ccccc1)c1cc(Cl)ccc1N(c1ccccc1)c1ccccc1. The van der Waals surface area contributed by atoms with Gasteiger partial charge >= 0.3 is 0 Å². The van der Waals surface area contributed by atoms with Crippen LogP contribution in [0, 0.1) is 0 Å². The van der Waals surface area contributed by atoms with Gasteiger partial charge in [-0.1, -0.05) is 109 Å². The molecule has 0 aliphatic carbocycles. The Hall–Kier alpha value is -3.81. The normalized spacial score (nSPS) is 11.2. The van der Waals surface area contributed by atoms with Crippen LogP contribution in [0.4, 0.5) is 17.1 Å². The quantitative estimate of drug-likeness (QED) is 0.229. The maximum absolute atomic E-state index is 6.68. The van der Waals surface area contributed by atoms with Crippen LogP contribution in [0.1, 0.15) is 23.6 Å². The van der Waals surface area contributed by atoms with Crippen LogP contribution in [0.3, 0.4) is 0 Å². The first-order valence-corrected chi connectivity index (χ1v) is 11.9. The molecular formula is C32H26ClN. The zero-order valence-corrected chi connectivity index (χ0v) is 19.9. The Bertz CT molecular complexity index is 1270. The van der Waals surface area contributed by atoms with E-state index >= 15 is 0 Å². The molecule has 0 aromatic heterocycles. The van der Waals surface area contributed by atoms with Crippen LogP contribution >= 0.6 is 11.6 Å². The van der Waals surface area contributed by atoms with E-state index in [9.17, 15) is 0 Å². The van der Waals surface area contributed by atoms with Crippen LogP contribution in [0.15, 0.2) is 140 Å². The molecule has 0 saturated heterocycles. The molecule has 0 fully saturated rings. The Morgan fingerprint density at radius 1 is 0.529 bits per heavy atom. The van der Waals surface area contributed by atoms with Crippen molar-refractivity contribution in [3.05, 3.63) is 161 Å². The molecule has 2 heteroatoms. The fourth-order valence-corrected chi connectivity index (χ4v) is 4.88. The van der Waals surface area contributed by atoms with Crippen molar-refractivity contribution >= 4 is 28.7 Å². The summed E-state index contributed by atoms with van der Waals surface area (Å²) in [5.41, 5.74) is 6.44. The third-order valence-electron chi connectivity index (χ3n) is 6.47. The number of para-hydroxylation sites is 2. The lowest BCUT2D eigenvalue weighted by molar-refractivity contribution is 0.693. The minimum atomic E-state index is -0.426. The van der Waals surface area contributed by atoms with Gasteiger partial charge in [-0.05, 0) is 66.1 Å². The highest BCUT2D eigenvalue weighted by molar-refractivity contribution is 6.30. The standard InChI is InChI=1S/C32H26ClN/c1-32(25-14-6-2-7-15-25,26-16-8-3-9-17-26)30-24-27(33)22-23-31(30)34(28-18-10-4-11-19-28)29-20-12-5-13-21-29/h2-24H,1H3. The van der Waals surface area contributed by atoms with Crippen LogP contribution in [0.2, 0.25) is 5.02 Å². The minimum absolute atomic E-state index is 0.426. The Morgan fingerprint density at radius 3 is 1.38 bits per heavy atom. The van der Waals surface area contributed by atoms with E-state index in [0.717, 1.165) is 27.6 Å². The Balaban J connectivity index is 1.83. The Kier molecular flexibility index (Phi) is 6.20. The van der Waals surface area contributed by atoms with Gasteiger partial charge in [0.05, 0.1) is 5.69 Å². The molecule has 166 valence electrons. The molecule has 0 amide bonds. The number of hydrogen-bond donors (Lipinski definition) is 0. The van der Waals surface area contributed by atoms with Crippen molar-refractivity contribution in [2.45, 2.75) is 12.3 Å². The average molecular weight is 460 g/mol. The Morgan fingerprint density at radius 2 is 0.941 bits per heavy atom. The second-order valence-corrected chi connectivity index (χ2v) is 8.96. The van der Waals surface area contributed by atoms with Crippen LogP contribution in [0.5, 0.6) is 0 Å². The number of benzene rings is 5. The monoisotopic (exact) mass is 459 g/mol. The number of nitrogens with zero attached hydrogens (tertiary/aromatic N) is 1. The highest BCUT2D eigenvalue weighted by Gasteiger charge is 2.35. The van der Waals surface area contributed by atoms with Crippen LogP contribution in [0.25, 0.3) is 0 Å². The summed E-state index contributed by atoms with van der Waals surface area (Å²) in [7, 11) is 0. The van der Waals surface area contributed by atoms with Gasteiger partial charge < -0.3 is 4.90 Å². The number of hydrogen-bond acceptors (Lipinski definition) is 1. The fourth-order valence-electron chi connectivity index (χ4n) is 4.71. The zero-order valence-electron chi connectivity index (χ0n) is 19.1. The van der Waals surface area contributed by atoms with Crippen molar-refractivity contribution in [2.24, 2.45) is 0 Å². The molecule has 0 saturated carbocycles. The molecule has 1 nitrogen and oxygen atoms in total. The maximum atomic E-state index is 6.68. The van der Waals surface area contributed by atoms with Gasteiger partial charge in [0.1, 0.15) is 0 Å². The molecule has 0 aliphatic rings. The molecule has 0 spiro atoms. The third kappa shape index (κ3) is 4.11. The maximum Gasteiger partial charge on any atom is 0.0507 e. The van der Waals surface area contributed by atoms with Crippen molar-refractivity contribution in [2.75, 3.05) is 4.90 Å². The van der Waals surface area contributed by atoms with E-state index < -0.39 is 5.41 Å². The lowest BCUT2D eigenvalue weighted by Gasteiger charge is -2.37. The molecule has 5 rings (SSSR count). The van der Waals surface area contributed by atoms with Crippen molar-refractivity contribution in [1.29, 1.82) is 0 Å². The summed E-state index contributed by atoms with van der Waals surface area (Å²) in [6.45, 7) is 2.29. The predicted molar refractivity (Wildman–Crippen MR) is 145 cm³/mol. The van der Waals surface area contributed by atoms with E-state index in [-0.39, 0.29) is 0 Å². The van der Waals surface area contributed by atoms with Crippen LogP contribution in [-0.2, 0) is 5.41 Å². The van der Waals surface area contributed by atoms with E-state index in [1.807, 2.05) is 18.2 Å². The van der Waals surface area contributed by atoms with Crippen molar-refractivity contribution in [3.8, 4) is 0 Å². The number of halogens is 1. The molecule has 0 heterocycles. The molecular weight excluding hydrogens is 434 g/mol. The van der Waals surface area contributed by atoms with Gasteiger partial charge in [-0.25, -0.2) is 0 Å². The Labute approximate surface area is 206 Å². The summed E-state index contributed by atoms with van der Waals surface area (Å²) in [5, 5.41) is 0.720. The topological polar surface area (TPSA) is 3.24 Å². The van der Waals surface area contributed by atoms with E-state index in [1.165, 1.54) is 11.1 Å². The predicted octanol–water partition coefficient (Wildman–Crippen LogP) is 9.16.